The maximum Gasteiger partial charge on any atom is 0.272 e. The summed E-state index contributed by atoms with van der Waals surface area (Å²) in [7, 11) is 0. The number of nitrogens with zero attached hydrogens (tertiary/aromatic N) is 2. The number of H-pyrrole nitrogens is 1. The van der Waals surface area contributed by atoms with E-state index in [0.717, 1.165) is 29.4 Å². The number of ether oxygens (including phenoxy) is 1. The summed E-state index contributed by atoms with van der Waals surface area (Å²) >= 11 is 0. The van der Waals surface area contributed by atoms with Gasteiger partial charge in [0.25, 0.3) is 5.91 Å². The number of aromatic nitrogens is 2. The summed E-state index contributed by atoms with van der Waals surface area (Å²) in [6.45, 7) is 6.08. The van der Waals surface area contributed by atoms with E-state index >= 15 is 0 Å². The Morgan fingerprint density at radius 3 is 3.20 bits per heavy atom. The van der Waals surface area contributed by atoms with Gasteiger partial charge in [0.05, 0.1) is 11.6 Å². The van der Waals surface area contributed by atoms with Crippen molar-refractivity contribution in [2.24, 2.45) is 0 Å². The third-order valence-electron chi connectivity index (χ3n) is 3.74. The Morgan fingerprint density at radius 1 is 1.50 bits per heavy atom. The minimum Gasteiger partial charge on any atom is -0.377 e. The summed E-state index contributed by atoms with van der Waals surface area (Å²) < 4.78 is 5.59. The molecule has 1 amide bonds. The molecular weight excluding hydrogens is 254 g/mol. The second-order valence-corrected chi connectivity index (χ2v) is 5.36. The normalized spacial score (nSPS) is 20.1. The summed E-state index contributed by atoms with van der Waals surface area (Å²) in [4.78, 5) is 14.5. The van der Waals surface area contributed by atoms with Crippen LogP contribution in [0.15, 0.2) is 18.2 Å². The molecule has 20 heavy (non-hydrogen) atoms. The molecule has 106 valence electrons. The Balaban J connectivity index is 1.94. The van der Waals surface area contributed by atoms with Gasteiger partial charge in [0.2, 0.25) is 0 Å². The molecule has 0 saturated carbocycles. The van der Waals surface area contributed by atoms with Crippen molar-refractivity contribution in [2.75, 3.05) is 19.7 Å². The topological polar surface area (TPSA) is 58.2 Å². The molecule has 0 spiro atoms. The summed E-state index contributed by atoms with van der Waals surface area (Å²) in [6.07, 6.45) is 0.957. The molecule has 5 nitrogen and oxygen atoms in total. The van der Waals surface area contributed by atoms with Crippen LogP contribution in [0.1, 0.15) is 29.4 Å². The highest BCUT2D eigenvalue weighted by Gasteiger charge is 2.24. The molecule has 0 bridgehead atoms. The molecule has 1 fully saturated rings. The number of nitrogens with one attached hydrogen (secondary N) is 1. The van der Waals surface area contributed by atoms with Crippen molar-refractivity contribution in [3.05, 3.63) is 29.5 Å². The lowest BCUT2D eigenvalue weighted by molar-refractivity contribution is 0.0560. The monoisotopic (exact) mass is 273 g/mol. The number of aryl methyl sites for hydroxylation is 1. The SMILES string of the molecule is Cc1cccc2c(C(=O)N3CCCOC(C)C3)[nH]nc12. The number of fused-ring (bicyclic) bond motifs is 1. The molecule has 1 aliphatic heterocycles. The molecule has 0 aliphatic carbocycles. The predicted octanol–water partition coefficient (Wildman–Crippen LogP) is 2.12. The smallest absolute Gasteiger partial charge is 0.272 e. The minimum atomic E-state index is 0.00968. The zero-order valence-corrected chi connectivity index (χ0v) is 11.8. The fraction of sp³-hybridized carbons (Fsp3) is 0.467. The quantitative estimate of drug-likeness (QED) is 0.866. The molecule has 5 heteroatoms. The van der Waals surface area contributed by atoms with Gasteiger partial charge in [-0.05, 0) is 25.8 Å². The number of hydrogen-bond acceptors (Lipinski definition) is 3. The first-order chi connectivity index (χ1) is 9.66. The number of carbonyl (C=O) groups excluding carboxylic acids is 1. The fourth-order valence-corrected chi connectivity index (χ4v) is 2.68. The van der Waals surface area contributed by atoms with Gasteiger partial charge in [-0.3, -0.25) is 9.89 Å². The van der Waals surface area contributed by atoms with Crippen LogP contribution in [0.5, 0.6) is 0 Å². The van der Waals surface area contributed by atoms with Gasteiger partial charge in [0.1, 0.15) is 5.69 Å². The zero-order valence-electron chi connectivity index (χ0n) is 11.8. The van der Waals surface area contributed by atoms with Gasteiger partial charge in [-0.15, -0.1) is 0 Å². The van der Waals surface area contributed by atoms with Gasteiger partial charge >= 0.3 is 0 Å². The van der Waals surface area contributed by atoms with E-state index in [2.05, 4.69) is 10.2 Å². The van der Waals surface area contributed by atoms with Crippen LogP contribution in [-0.4, -0.2) is 46.8 Å². The van der Waals surface area contributed by atoms with Crippen molar-refractivity contribution >= 4 is 16.8 Å². The van der Waals surface area contributed by atoms with Gasteiger partial charge in [-0.1, -0.05) is 18.2 Å². The molecule has 1 aliphatic rings. The van der Waals surface area contributed by atoms with Crippen LogP contribution in [0, 0.1) is 6.92 Å². The van der Waals surface area contributed by atoms with Gasteiger partial charge in [-0.2, -0.15) is 5.10 Å². The number of benzene rings is 1. The summed E-state index contributed by atoms with van der Waals surface area (Å²) in [5.74, 6) is 0.00968. The zero-order chi connectivity index (χ0) is 14.1. The van der Waals surface area contributed by atoms with Crippen LogP contribution in [0.3, 0.4) is 0 Å². The predicted molar refractivity (Wildman–Crippen MR) is 76.8 cm³/mol. The van der Waals surface area contributed by atoms with E-state index in [1.165, 1.54) is 0 Å². The highest BCUT2D eigenvalue weighted by Crippen LogP contribution is 2.21. The highest BCUT2D eigenvalue weighted by atomic mass is 16.5. The molecular formula is C15H19N3O2. The minimum absolute atomic E-state index is 0.00968. The van der Waals surface area contributed by atoms with E-state index in [0.29, 0.717) is 18.8 Å². The maximum atomic E-state index is 12.7. The van der Waals surface area contributed by atoms with Crippen LogP contribution in [0.4, 0.5) is 0 Å². The molecule has 2 heterocycles. The van der Waals surface area contributed by atoms with Gasteiger partial charge in [0, 0.05) is 25.1 Å². The van der Waals surface area contributed by atoms with E-state index in [9.17, 15) is 4.79 Å². The summed E-state index contributed by atoms with van der Waals surface area (Å²) in [5, 5.41) is 8.07. The Labute approximate surface area is 117 Å². The van der Waals surface area contributed by atoms with Crippen LogP contribution < -0.4 is 0 Å². The largest absolute Gasteiger partial charge is 0.377 e. The van der Waals surface area contributed by atoms with Crippen LogP contribution in [0.2, 0.25) is 0 Å². The van der Waals surface area contributed by atoms with Crippen molar-refractivity contribution in [1.82, 2.24) is 15.1 Å². The van der Waals surface area contributed by atoms with E-state index < -0.39 is 0 Å². The summed E-state index contributed by atoms with van der Waals surface area (Å²) in [6, 6.07) is 5.90. The van der Waals surface area contributed by atoms with E-state index in [-0.39, 0.29) is 12.0 Å². The van der Waals surface area contributed by atoms with Gasteiger partial charge in [-0.25, -0.2) is 0 Å². The van der Waals surface area contributed by atoms with Crippen LogP contribution in [-0.2, 0) is 4.74 Å². The number of rotatable bonds is 1. The van der Waals surface area contributed by atoms with E-state index in [1.54, 1.807) is 0 Å². The van der Waals surface area contributed by atoms with Crippen molar-refractivity contribution in [1.29, 1.82) is 0 Å². The van der Waals surface area contributed by atoms with E-state index in [1.807, 2.05) is 36.9 Å². The number of aromatic amines is 1. The molecule has 1 N–H and O–H groups in total. The van der Waals surface area contributed by atoms with Crippen LogP contribution >= 0.6 is 0 Å². The lowest BCUT2D eigenvalue weighted by atomic mass is 10.1. The lowest BCUT2D eigenvalue weighted by Crippen LogP contribution is -2.36. The molecule has 0 radical (unpaired) electrons. The molecule has 1 saturated heterocycles. The van der Waals surface area contributed by atoms with Crippen molar-refractivity contribution < 1.29 is 9.53 Å². The Morgan fingerprint density at radius 2 is 2.35 bits per heavy atom. The molecule has 1 aromatic heterocycles. The number of carbonyl (C=O) groups is 1. The molecule has 1 aromatic carbocycles. The standard InChI is InChI=1S/C15H19N3O2/c1-10-5-3-6-12-13(10)16-17-14(12)15(19)18-7-4-8-20-11(2)9-18/h3,5-6,11H,4,7-9H2,1-2H3,(H,16,17). The number of hydrogen-bond donors (Lipinski definition) is 1. The molecule has 2 aromatic rings. The molecule has 1 atom stereocenters. The third-order valence-corrected chi connectivity index (χ3v) is 3.74. The van der Waals surface area contributed by atoms with Crippen molar-refractivity contribution in [3.8, 4) is 0 Å². The number of para-hydroxylation sites is 1. The first-order valence-electron chi connectivity index (χ1n) is 7.01. The maximum absolute atomic E-state index is 12.7. The van der Waals surface area contributed by atoms with Crippen molar-refractivity contribution in [3.63, 3.8) is 0 Å². The van der Waals surface area contributed by atoms with Crippen molar-refractivity contribution in [2.45, 2.75) is 26.4 Å². The average Bonchev–Trinajstić information content (AvgIpc) is 2.75. The van der Waals surface area contributed by atoms with Crippen LogP contribution in [0.25, 0.3) is 10.9 Å². The highest BCUT2D eigenvalue weighted by molar-refractivity contribution is 6.05. The second-order valence-electron chi connectivity index (χ2n) is 5.36. The lowest BCUT2D eigenvalue weighted by Gasteiger charge is -2.21. The Hall–Kier alpha value is -1.88. The molecule has 3 rings (SSSR count). The molecule has 1 unspecified atom stereocenters. The Kier molecular flexibility index (Phi) is 3.44. The first-order valence-corrected chi connectivity index (χ1v) is 7.01. The first kappa shape index (κ1) is 13.1. The number of amides is 1. The van der Waals surface area contributed by atoms with Gasteiger partial charge in [0.15, 0.2) is 0 Å². The third kappa shape index (κ3) is 2.29. The van der Waals surface area contributed by atoms with Gasteiger partial charge < -0.3 is 9.64 Å². The Bertz CT molecular complexity index is 635. The average molecular weight is 273 g/mol. The van der Waals surface area contributed by atoms with E-state index in [4.69, 9.17) is 4.74 Å². The second kappa shape index (κ2) is 5.25. The summed E-state index contributed by atoms with van der Waals surface area (Å²) in [5.41, 5.74) is 2.53. The fourth-order valence-electron chi connectivity index (χ4n) is 2.68.